The fraction of sp³-hybridized carbons (Fsp3) is 0.579. The molecule has 0 bridgehead atoms. The van der Waals surface area contributed by atoms with E-state index in [1.165, 1.54) is 6.42 Å². The largest absolute Gasteiger partial charge is 0.465 e. The fourth-order valence-corrected chi connectivity index (χ4v) is 4.23. The first kappa shape index (κ1) is 16.8. The van der Waals surface area contributed by atoms with E-state index in [1.807, 2.05) is 32.1 Å². The smallest absolute Gasteiger partial charge is 0.250 e. The van der Waals surface area contributed by atoms with Gasteiger partial charge in [-0.05, 0) is 38.8 Å². The molecule has 1 aliphatic heterocycles. The maximum absolute atomic E-state index is 12.9. The van der Waals surface area contributed by atoms with E-state index >= 15 is 0 Å². The van der Waals surface area contributed by atoms with Gasteiger partial charge in [0.2, 0.25) is 11.8 Å². The molecular formula is C19H26N2O3. The van der Waals surface area contributed by atoms with Crippen molar-refractivity contribution in [3.8, 4) is 0 Å². The first-order valence-corrected chi connectivity index (χ1v) is 8.72. The van der Waals surface area contributed by atoms with E-state index in [9.17, 15) is 9.59 Å². The molecule has 5 heteroatoms. The molecular weight excluding hydrogens is 304 g/mol. The van der Waals surface area contributed by atoms with Crippen molar-refractivity contribution in [3.63, 3.8) is 0 Å². The van der Waals surface area contributed by atoms with Gasteiger partial charge in [-0.15, -0.1) is 0 Å². The lowest BCUT2D eigenvalue weighted by Crippen LogP contribution is -2.62. The molecule has 0 aromatic carbocycles. The van der Waals surface area contributed by atoms with E-state index in [0.717, 1.165) is 31.4 Å². The lowest BCUT2D eigenvalue weighted by Gasteiger charge is -2.46. The highest BCUT2D eigenvalue weighted by atomic mass is 16.3. The minimum atomic E-state index is -0.940. The van der Waals surface area contributed by atoms with Crippen LogP contribution < -0.4 is 5.32 Å². The summed E-state index contributed by atoms with van der Waals surface area (Å²) in [5.74, 6) is 1.32. The predicted octanol–water partition coefficient (Wildman–Crippen LogP) is 3.08. The van der Waals surface area contributed by atoms with E-state index in [1.54, 1.807) is 11.8 Å². The number of carbonyl (C=O) groups is 2. The van der Waals surface area contributed by atoms with Crippen LogP contribution in [0.15, 0.2) is 28.7 Å². The summed E-state index contributed by atoms with van der Waals surface area (Å²) in [6, 6.07) is 3.73. The first-order valence-electron chi connectivity index (χ1n) is 8.72. The highest BCUT2D eigenvalue weighted by Gasteiger charge is 2.53. The molecule has 0 saturated heterocycles. The number of carbonyl (C=O) groups excluding carboxylic acids is 2. The Morgan fingerprint density at radius 1 is 1.21 bits per heavy atom. The van der Waals surface area contributed by atoms with Gasteiger partial charge in [-0.2, -0.15) is 0 Å². The summed E-state index contributed by atoms with van der Waals surface area (Å²) in [4.78, 5) is 27.1. The van der Waals surface area contributed by atoms with Crippen molar-refractivity contribution in [2.75, 3.05) is 0 Å². The van der Waals surface area contributed by atoms with Gasteiger partial charge in [0, 0.05) is 6.92 Å². The van der Waals surface area contributed by atoms with Crippen LogP contribution in [0, 0.1) is 6.92 Å². The minimum Gasteiger partial charge on any atom is -0.465 e. The van der Waals surface area contributed by atoms with Crippen molar-refractivity contribution in [3.05, 3.63) is 35.8 Å². The van der Waals surface area contributed by atoms with Crippen LogP contribution in [0.25, 0.3) is 0 Å². The van der Waals surface area contributed by atoms with Crippen molar-refractivity contribution < 1.29 is 14.0 Å². The van der Waals surface area contributed by atoms with Crippen LogP contribution in [0.3, 0.4) is 0 Å². The van der Waals surface area contributed by atoms with Gasteiger partial charge in [0.05, 0.1) is 12.1 Å². The fourth-order valence-electron chi connectivity index (χ4n) is 4.23. The van der Waals surface area contributed by atoms with Gasteiger partial charge < -0.3 is 14.6 Å². The number of amides is 2. The van der Waals surface area contributed by atoms with Gasteiger partial charge >= 0.3 is 0 Å². The molecule has 2 aliphatic rings. The molecule has 1 aromatic heterocycles. The quantitative estimate of drug-likeness (QED) is 0.866. The third-order valence-electron chi connectivity index (χ3n) is 5.34. The van der Waals surface area contributed by atoms with E-state index < -0.39 is 5.54 Å². The Morgan fingerprint density at radius 3 is 2.50 bits per heavy atom. The van der Waals surface area contributed by atoms with E-state index in [0.29, 0.717) is 12.3 Å². The standard InChI is InChI=1S/C19H26N2O3/c1-14-7-8-16(24-14)13-20-17(23)18(3)11-12-19(21(18)15(2)22)9-5-4-6-10-19/h7-8,11-12H,4-6,9-10,13H2,1-3H3,(H,20,23). The average molecular weight is 330 g/mol. The topological polar surface area (TPSA) is 62.6 Å². The normalized spacial score (nSPS) is 25.2. The molecule has 1 N–H and O–H groups in total. The van der Waals surface area contributed by atoms with Crippen LogP contribution in [0.4, 0.5) is 0 Å². The number of nitrogens with zero attached hydrogens (tertiary/aromatic N) is 1. The van der Waals surface area contributed by atoms with Crippen LogP contribution in [0.1, 0.15) is 57.5 Å². The summed E-state index contributed by atoms with van der Waals surface area (Å²) in [7, 11) is 0. The van der Waals surface area contributed by atoms with E-state index in [4.69, 9.17) is 4.42 Å². The van der Waals surface area contributed by atoms with Crippen LogP contribution in [-0.2, 0) is 16.1 Å². The van der Waals surface area contributed by atoms with Crippen molar-refractivity contribution in [2.45, 2.75) is 70.5 Å². The van der Waals surface area contributed by atoms with Gasteiger partial charge in [0.15, 0.2) is 0 Å². The van der Waals surface area contributed by atoms with Crippen molar-refractivity contribution in [1.29, 1.82) is 0 Å². The third-order valence-corrected chi connectivity index (χ3v) is 5.34. The summed E-state index contributed by atoms with van der Waals surface area (Å²) in [5.41, 5.74) is -1.23. The number of hydrogen-bond acceptors (Lipinski definition) is 3. The second-order valence-electron chi connectivity index (χ2n) is 7.19. The zero-order valence-electron chi connectivity index (χ0n) is 14.7. The molecule has 1 spiro atoms. The lowest BCUT2D eigenvalue weighted by molar-refractivity contribution is -0.148. The van der Waals surface area contributed by atoms with Gasteiger partial charge in [0.25, 0.3) is 0 Å². The predicted molar refractivity (Wildman–Crippen MR) is 91.2 cm³/mol. The summed E-state index contributed by atoms with van der Waals surface area (Å²) in [5, 5.41) is 2.92. The molecule has 1 saturated carbocycles. The lowest BCUT2D eigenvalue weighted by atomic mass is 9.81. The molecule has 1 atom stereocenters. The van der Waals surface area contributed by atoms with Gasteiger partial charge in [-0.1, -0.05) is 31.4 Å². The maximum atomic E-state index is 12.9. The number of nitrogens with one attached hydrogen (secondary N) is 1. The Morgan fingerprint density at radius 2 is 1.92 bits per heavy atom. The van der Waals surface area contributed by atoms with Gasteiger partial charge in [-0.25, -0.2) is 0 Å². The summed E-state index contributed by atoms with van der Waals surface area (Å²) < 4.78 is 5.50. The molecule has 1 fully saturated rings. The Bertz CT molecular complexity index is 670. The van der Waals surface area contributed by atoms with Crippen molar-refractivity contribution in [1.82, 2.24) is 10.2 Å². The van der Waals surface area contributed by atoms with Crippen LogP contribution in [-0.4, -0.2) is 27.8 Å². The second kappa shape index (κ2) is 6.11. The molecule has 1 unspecified atom stereocenters. The maximum Gasteiger partial charge on any atom is 0.250 e. The monoisotopic (exact) mass is 330 g/mol. The highest BCUT2D eigenvalue weighted by Crippen LogP contribution is 2.44. The molecule has 2 heterocycles. The zero-order chi connectivity index (χ0) is 17.4. The molecule has 3 rings (SSSR count). The van der Waals surface area contributed by atoms with Crippen LogP contribution >= 0.6 is 0 Å². The minimum absolute atomic E-state index is 0.0478. The van der Waals surface area contributed by atoms with Gasteiger partial charge in [-0.3, -0.25) is 9.59 Å². The molecule has 0 radical (unpaired) electrons. The van der Waals surface area contributed by atoms with Crippen LogP contribution in [0.5, 0.6) is 0 Å². The molecule has 1 aliphatic carbocycles. The first-order chi connectivity index (χ1) is 11.4. The number of aryl methyl sites for hydroxylation is 1. The Balaban J connectivity index is 1.78. The second-order valence-corrected chi connectivity index (χ2v) is 7.19. The number of rotatable bonds is 3. The number of hydrogen-bond donors (Lipinski definition) is 1. The SMILES string of the molecule is CC(=O)N1C2(C=CC1(C)C(=O)NCc1ccc(C)o1)CCCCC2. The van der Waals surface area contributed by atoms with E-state index in [2.05, 4.69) is 11.4 Å². The molecule has 24 heavy (non-hydrogen) atoms. The molecule has 130 valence electrons. The zero-order valence-corrected chi connectivity index (χ0v) is 14.7. The Hall–Kier alpha value is -2.04. The summed E-state index contributed by atoms with van der Waals surface area (Å²) in [6.45, 7) is 5.59. The third kappa shape index (κ3) is 2.76. The van der Waals surface area contributed by atoms with Crippen LogP contribution in [0.2, 0.25) is 0 Å². The van der Waals surface area contributed by atoms with Crippen molar-refractivity contribution in [2.24, 2.45) is 0 Å². The Labute approximate surface area is 143 Å². The van der Waals surface area contributed by atoms with E-state index in [-0.39, 0.29) is 17.4 Å². The summed E-state index contributed by atoms with van der Waals surface area (Å²) in [6.07, 6.45) is 9.25. The number of furan rings is 1. The Kier molecular flexibility index (Phi) is 4.28. The molecule has 2 amide bonds. The highest BCUT2D eigenvalue weighted by molar-refractivity contribution is 5.94. The molecule has 5 nitrogen and oxygen atoms in total. The summed E-state index contributed by atoms with van der Waals surface area (Å²) >= 11 is 0. The molecule has 1 aromatic rings. The van der Waals surface area contributed by atoms with Gasteiger partial charge in [0.1, 0.15) is 17.1 Å². The average Bonchev–Trinajstić information content (AvgIpc) is 3.08. The van der Waals surface area contributed by atoms with Crippen molar-refractivity contribution >= 4 is 11.8 Å².